The van der Waals surface area contributed by atoms with Gasteiger partial charge in [-0.05, 0) is 34.7 Å². The lowest BCUT2D eigenvalue weighted by molar-refractivity contribution is 0.385. The van der Waals surface area contributed by atoms with Gasteiger partial charge < -0.3 is 10.5 Å². The molecule has 0 saturated heterocycles. The van der Waals surface area contributed by atoms with Crippen molar-refractivity contribution >= 4 is 28.3 Å². The van der Waals surface area contributed by atoms with Crippen LogP contribution in [0.5, 0.6) is 11.5 Å². The summed E-state index contributed by atoms with van der Waals surface area (Å²) in [6.07, 6.45) is 0. The van der Waals surface area contributed by atoms with Gasteiger partial charge in [-0.1, -0.05) is 0 Å². The Balaban J connectivity index is 2.53. The third-order valence-corrected chi connectivity index (χ3v) is 3.59. The van der Waals surface area contributed by atoms with E-state index in [-0.39, 0.29) is 14.9 Å². The zero-order chi connectivity index (χ0) is 15.7. The number of anilines is 1. The maximum Gasteiger partial charge on any atom is 0.206 e. The number of nitrogens with zero attached hydrogens (tertiary/aromatic N) is 1. The lowest BCUT2D eigenvalue weighted by atomic mass is 10.2. The molecule has 108 valence electrons. The first-order valence-electron chi connectivity index (χ1n) is 5.35. The Kier molecular flexibility index (Phi) is 4.22. The van der Waals surface area contributed by atoms with E-state index in [0.29, 0.717) is 0 Å². The van der Waals surface area contributed by atoms with Crippen LogP contribution in [0.3, 0.4) is 0 Å². The van der Waals surface area contributed by atoms with E-state index in [2.05, 4.69) is 0 Å². The van der Waals surface area contributed by atoms with Crippen molar-refractivity contribution in [3.05, 3.63) is 50.6 Å². The van der Waals surface area contributed by atoms with E-state index >= 15 is 0 Å². The summed E-state index contributed by atoms with van der Waals surface area (Å²) in [6.45, 7) is 0. The van der Waals surface area contributed by atoms with Crippen LogP contribution < -0.4 is 10.5 Å². The van der Waals surface area contributed by atoms with Crippen molar-refractivity contribution in [2.75, 3.05) is 5.73 Å². The minimum atomic E-state index is -1.60. The summed E-state index contributed by atoms with van der Waals surface area (Å²) >= 11 is 1.40. The minimum Gasteiger partial charge on any atom is -0.451 e. The monoisotopic (exact) mass is 408 g/mol. The van der Waals surface area contributed by atoms with E-state index in [1.807, 2.05) is 0 Å². The molecule has 0 aromatic heterocycles. The van der Waals surface area contributed by atoms with Crippen LogP contribution in [0.4, 0.5) is 23.2 Å². The van der Waals surface area contributed by atoms with Gasteiger partial charge in [0.15, 0.2) is 11.6 Å². The largest absolute Gasteiger partial charge is 0.451 e. The second-order valence-corrected chi connectivity index (χ2v) is 4.93. The number of ether oxygens (including phenoxy) is 1. The highest BCUT2D eigenvalue weighted by molar-refractivity contribution is 14.1. The van der Waals surface area contributed by atoms with Crippen molar-refractivity contribution in [1.82, 2.24) is 0 Å². The third kappa shape index (κ3) is 2.73. The first-order chi connectivity index (χ1) is 9.86. The van der Waals surface area contributed by atoms with Crippen LogP contribution in [0.2, 0.25) is 0 Å². The van der Waals surface area contributed by atoms with Gasteiger partial charge in [-0.25, -0.2) is 13.2 Å². The molecule has 2 N–H and O–H groups in total. The van der Waals surface area contributed by atoms with Crippen molar-refractivity contribution in [3.8, 4) is 17.6 Å². The Morgan fingerprint density at radius 2 is 1.76 bits per heavy atom. The molecule has 0 spiro atoms. The summed E-state index contributed by atoms with van der Waals surface area (Å²) in [5.41, 5.74) is 4.15. The summed E-state index contributed by atoms with van der Waals surface area (Å²) in [6, 6.07) is 4.43. The van der Waals surface area contributed by atoms with Crippen molar-refractivity contribution in [3.63, 3.8) is 0 Å². The van der Waals surface area contributed by atoms with Gasteiger partial charge in [0, 0.05) is 6.07 Å². The molecule has 2 rings (SSSR count). The molecule has 2 aromatic rings. The molecular formula is C13H5F4IN2O. The van der Waals surface area contributed by atoms with Gasteiger partial charge in [-0.3, -0.25) is 0 Å². The Morgan fingerprint density at radius 3 is 2.38 bits per heavy atom. The fourth-order valence-corrected chi connectivity index (χ4v) is 1.97. The second kappa shape index (κ2) is 5.77. The lowest BCUT2D eigenvalue weighted by Gasteiger charge is -2.12. The number of nitrogen functional groups attached to an aromatic ring is 1. The quantitative estimate of drug-likeness (QED) is 0.353. The second-order valence-electron chi connectivity index (χ2n) is 3.85. The number of halogens is 5. The van der Waals surface area contributed by atoms with Gasteiger partial charge >= 0.3 is 0 Å². The van der Waals surface area contributed by atoms with Gasteiger partial charge in [0.1, 0.15) is 17.6 Å². The van der Waals surface area contributed by atoms with Crippen LogP contribution in [0.15, 0.2) is 18.2 Å². The molecule has 0 bridgehead atoms. The number of nitriles is 1. The molecule has 0 saturated carbocycles. The predicted molar refractivity (Wildman–Crippen MR) is 74.6 cm³/mol. The van der Waals surface area contributed by atoms with Crippen LogP contribution in [0.25, 0.3) is 0 Å². The van der Waals surface area contributed by atoms with Gasteiger partial charge in [0.2, 0.25) is 11.6 Å². The minimum absolute atomic E-state index is 0.217. The maximum atomic E-state index is 13.9. The molecule has 0 radical (unpaired) electrons. The summed E-state index contributed by atoms with van der Waals surface area (Å²) < 4.78 is 58.7. The van der Waals surface area contributed by atoms with E-state index in [1.54, 1.807) is 6.07 Å². The molecule has 21 heavy (non-hydrogen) atoms. The summed E-state index contributed by atoms with van der Waals surface area (Å²) in [4.78, 5) is 0. The highest BCUT2D eigenvalue weighted by Gasteiger charge is 2.24. The fraction of sp³-hybridized carbons (Fsp3) is 0. The van der Waals surface area contributed by atoms with Gasteiger partial charge in [0.25, 0.3) is 0 Å². The molecular weight excluding hydrogens is 403 g/mol. The summed E-state index contributed by atoms with van der Waals surface area (Å²) in [5.74, 6) is -6.28. The van der Waals surface area contributed by atoms with E-state index in [4.69, 9.17) is 15.7 Å². The van der Waals surface area contributed by atoms with Crippen LogP contribution in [0, 0.1) is 38.2 Å². The topological polar surface area (TPSA) is 59.0 Å². The van der Waals surface area contributed by atoms with E-state index in [0.717, 1.165) is 18.2 Å². The molecule has 0 aliphatic carbocycles. The average molecular weight is 408 g/mol. The zero-order valence-corrected chi connectivity index (χ0v) is 12.2. The van der Waals surface area contributed by atoms with Gasteiger partial charge in [-0.15, -0.1) is 0 Å². The molecule has 2 aromatic carbocycles. The number of hydrogen-bond acceptors (Lipinski definition) is 3. The SMILES string of the molecule is N#Cc1cc(Oc2c(F)c(F)c(N)c(I)c2F)ccc1F. The van der Waals surface area contributed by atoms with Crippen molar-refractivity contribution < 1.29 is 22.3 Å². The molecule has 0 fully saturated rings. The number of benzene rings is 2. The fourth-order valence-electron chi connectivity index (χ4n) is 1.49. The molecule has 3 nitrogen and oxygen atoms in total. The molecule has 0 unspecified atom stereocenters. The van der Waals surface area contributed by atoms with E-state index < -0.39 is 34.7 Å². The summed E-state index contributed by atoms with van der Waals surface area (Å²) in [5, 5.41) is 8.67. The first kappa shape index (κ1) is 15.4. The van der Waals surface area contributed by atoms with Crippen LogP contribution >= 0.6 is 22.6 Å². The number of nitrogens with two attached hydrogens (primary N) is 1. The Bertz CT molecular complexity index is 745. The Morgan fingerprint density at radius 1 is 1.10 bits per heavy atom. The van der Waals surface area contributed by atoms with Crippen molar-refractivity contribution in [1.29, 1.82) is 5.26 Å². The Hall–Kier alpha value is -2.02. The standard InChI is InChI=1S/C13H5F4IN2O/c14-7-2-1-6(3-5(7)4-19)21-13-9(16)8(15)12(20)11(18)10(13)17/h1-3H,20H2. The molecule has 0 aliphatic heterocycles. The molecule has 0 heterocycles. The van der Waals surface area contributed by atoms with E-state index in [1.165, 1.54) is 22.6 Å². The molecule has 0 atom stereocenters. The van der Waals surface area contributed by atoms with Gasteiger partial charge in [-0.2, -0.15) is 9.65 Å². The zero-order valence-electron chi connectivity index (χ0n) is 10.1. The normalized spacial score (nSPS) is 10.3. The molecule has 0 aliphatic rings. The molecule has 8 heteroatoms. The third-order valence-electron chi connectivity index (χ3n) is 2.54. The lowest BCUT2D eigenvalue weighted by Crippen LogP contribution is -2.05. The first-order valence-corrected chi connectivity index (χ1v) is 6.43. The smallest absolute Gasteiger partial charge is 0.206 e. The average Bonchev–Trinajstić information content (AvgIpc) is 2.49. The van der Waals surface area contributed by atoms with Crippen LogP contribution in [-0.2, 0) is 0 Å². The van der Waals surface area contributed by atoms with Crippen molar-refractivity contribution in [2.45, 2.75) is 0 Å². The summed E-state index contributed by atoms with van der Waals surface area (Å²) in [7, 11) is 0. The maximum absolute atomic E-state index is 13.9. The van der Waals surface area contributed by atoms with E-state index in [9.17, 15) is 17.6 Å². The highest BCUT2D eigenvalue weighted by Crippen LogP contribution is 2.36. The Labute approximate surface area is 130 Å². The molecule has 0 amide bonds. The van der Waals surface area contributed by atoms with Gasteiger partial charge in [0.05, 0.1) is 14.8 Å². The van der Waals surface area contributed by atoms with Crippen LogP contribution in [-0.4, -0.2) is 0 Å². The predicted octanol–water partition coefficient (Wildman–Crippen LogP) is 4.09. The number of hydrogen-bond donors (Lipinski definition) is 1. The van der Waals surface area contributed by atoms with Crippen LogP contribution in [0.1, 0.15) is 5.56 Å². The highest BCUT2D eigenvalue weighted by atomic mass is 127. The van der Waals surface area contributed by atoms with Crippen molar-refractivity contribution in [2.24, 2.45) is 0 Å². The number of rotatable bonds is 2.